The minimum atomic E-state index is -0.320. The van der Waals surface area contributed by atoms with Crippen LogP contribution in [0.5, 0.6) is 0 Å². The monoisotopic (exact) mass is 156 g/mol. The van der Waals surface area contributed by atoms with Gasteiger partial charge in [-0.1, -0.05) is 6.92 Å². The van der Waals surface area contributed by atoms with Crippen LogP contribution in [-0.2, 0) is 9.53 Å². The molecule has 56 valence electrons. The van der Waals surface area contributed by atoms with E-state index in [-0.39, 0.29) is 50.0 Å². The summed E-state index contributed by atoms with van der Waals surface area (Å²) in [5.74, 6) is -0.320. The number of rotatable bonds is 4. The van der Waals surface area contributed by atoms with Gasteiger partial charge in [-0.05, 0) is 6.42 Å². The Bertz CT molecular complexity index is 89.9. The fraction of sp³-hybridized carbons (Fsp3) is 0.833. The van der Waals surface area contributed by atoms with Crippen LogP contribution in [-0.4, -0.2) is 24.3 Å². The van der Waals surface area contributed by atoms with Crippen molar-refractivity contribution >= 4 is 5.97 Å². The molecule has 0 saturated carbocycles. The predicted octanol–water partition coefficient (Wildman–Crippen LogP) is -2.56. The zero-order valence-corrected chi connectivity index (χ0v) is 8.59. The van der Waals surface area contributed by atoms with Gasteiger partial charge >= 0.3 is 35.5 Å². The largest absolute Gasteiger partial charge is 1.00 e. The molecule has 0 amide bonds. The van der Waals surface area contributed by atoms with Gasteiger partial charge in [-0.25, -0.2) is 0 Å². The van der Waals surface area contributed by atoms with Crippen LogP contribution >= 0.6 is 0 Å². The third kappa shape index (κ3) is 8.43. The first kappa shape index (κ1) is 13.1. The Morgan fingerprint density at radius 3 is 2.70 bits per heavy atom. The molecule has 0 aromatic heterocycles. The van der Waals surface area contributed by atoms with Gasteiger partial charge in [0.1, 0.15) is 0 Å². The maximum atomic E-state index is 10.4. The van der Waals surface area contributed by atoms with Crippen LogP contribution in [0.3, 0.4) is 0 Å². The SMILES string of the molecule is CCCOC(=O)CCO.[H-].[Na+]. The fourth-order valence-corrected chi connectivity index (χ4v) is 0.379. The van der Waals surface area contributed by atoms with E-state index in [2.05, 4.69) is 4.74 Å². The molecule has 0 heterocycles. The molecule has 0 atom stereocenters. The number of hydrogen-bond acceptors (Lipinski definition) is 3. The van der Waals surface area contributed by atoms with Gasteiger partial charge in [-0.15, -0.1) is 0 Å². The Morgan fingerprint density at radius 1 is 1.70 bits per heavy atom. The van der Waals surface area contributed by atoms with E-state index in [4.69, 9.17) is 5.11 Å². The molecule has 1 N–H and O–H groups in total. The average Bonchev–Trinajstić information content (AvgIpc) is 1.85. The van der Waals surface area contributed by atoms with Gasteiger partial charge in [-0.2, -0.15) is 0 Å². The molecule has 0 aliphatic carbocycles. The van der Waals surface area contributed by atoms with E-state index in [1.807, 2.05) is 6.92 Å². The molecule has 3 nitrogen and oxygen atoms in total. The van der Waals surface area contributed by atoms with Gasteiger partial charge in [0, 0.05) is 0 Å². The summed E-state index contributed by atoms with van der Waals surface area (Å²) in [5, 5.41) is 8.24. The molecule has 0 unspecified atom stereocenters. The van der Waals surface area contributed by atoms with Crippen LogP contribution in [0.1, 0.15) is 21.2 Å². The van der Waals surface area contributed by atoms with E-state index in [1.165, 1.54) is 0 Å². The second-order valence-corrected chi connectivity index (χ2v) is 1.69. The van der Waals surface area contributed by atoms with Crippen LogP contribution in [0, 0.1) is 0 Å². The number of ether oxygens (including phenoxy) is 1. The molecule has 0 aliphatic rings. The van der Waals surface area contributed by atoms with E-state index in [9.17, 15) is 4.79 Å². The smallest absolute Gasteiger partial charge is 1.00 e. The second kappa shape index (κ2) is 9.43. The first-order valence-electron chi connectivity index (χ1n) is 3.07. The molecule has 0 rings (SSSR count). The Kier molecular flexibility index (Phi) is 12.3. The topological polar surface area (TPSA) is 46.5 Å². The maximum absolute atomic E-state index is 10.4. The van der Waals surface area contributed by atoms with E-state index in [1.54, 1.807) is 0 Å². The summed E-state index contributed by atoms with van der Waals surface area (Å²) in [5.41, 5.74) is 0. The van der Waals surface area contributed by atoms with E-state index >= 15 is 0 Å². The normalized spacial score (nSPS) is 8.20. The molecule has 0 fully saturated rings. The van der Waals surface area contributed by atoms with E-state index < -0.39 is 0 Å². The summed E-state index contributed by atoms with van der Waals surface area (Å²) < 4.78 is 4.63. The van der Waals surface area contributed by atoms with Gasteiger partial charge in [0.25, 0.3) is 0 Å². The van der Waals surface area contributed by atoms with Crippen molar-refractivity contribution in [3.63, 3.8) is 0 Å². The molecular weight excluding hydrogens is 143 g/mol. The van der Waals surface area contributed by atoms with E-state index in [0.717, 1.165) is 6.42 Å². The van der Waals surface area contributed by atoms with Crippen LogP contribution in [0.4, 0.5) is 0 Å². The Balaban J connectivity index is -0.000000320. The Labute approximate surface area is 84.5 Å². The van der Waals surface area contributed by atoms with Crippen LogP contribution in [0.15, 0.2) is 0 Å². The Hall–Kier alpha value is 0.430. The van der Waals surface area contributed by atoms with Crippen molar-refractivity contribution in [2.24, 2.45) is 0 Å². The summed E-state index contributed by atoms with van der Waals surface area (Å²) in [6.07, 6.45) is 0.942. The van der Waals surface area contributed by atoms with Crippen molar-refractivity contribution < 1.29 is 45.6 Å². The third-order valence-corrected chi connectivity index (χ3v) is 0.783. The number of carbonyl (C=O) groups is 1. The molecular formula is C6H13NaO3. The van der Waals surface area contributed by atoms with Gasteiger partial charge in [0.2, 0.25) is 0 Å². The number of hydrogen-bond donors (Lipinski definition) is 1. The fourth-order valence-electron chi connectivity index (χ4n) is 0.379. The van der Waals surface area contributed by atoms with Crippen molar-refractivity contribution in [3.05, 3.63) is 0 Å². The second-order valence-electron chi connectivity index (χ2n) is 1.69. The summed E-state index contributed by atoms with van der Waals surface area (Å²) >= 11 is 0. The van der Waals surface area contributed by atoms with Crippen molar-refractivity contribution in [1.29, 1.82) is 0 Å². The summed E-state index contributed by atoms with van der Waals surface area (Å²) in [6, 6.07) is 0. The number of esters is 1. The number of aliphatic hydroxyl groups excluding tert-OH is 1. The number of carbonyl (C=O) groups excluding carboxylic acids is 1. The standard InChI is InChI=1S/C6H12O3.Na.H/c1-2-5-9-6(8)3-4-7;;/h7H,2-5H2,1H3;;/q;+1;-1. The average molecular weight is 156 g/mol. The summed E-state index contributed by atoms with van der Waals surface area (Å²) in [7, 11) is 0. The Morgan fingerprint density at radius 2 is 2.30 bits per heavy atom. The molecule has 0 spiro atoms. The third-order valence-electron chi connectivity index (χ3n) is 0.783. The molecule has 0 saturated heterocycles. The predicted molar refractivity (Wildman–Crippen MR) is 34.1 cm³/mol. The molecule has 10 heavy (non-hydrogen) atoms. The molecule has 0 aliphatic heterocycles. The zero-order chi connectivity index (χ0) is 7.11. The molecule has 0 aromatic rings. The van der Waals surface area contributed by atoms with E-state index in [0.29, 0.717) is 6.61 Å². The summed E-state index contributed by atoms with van der Waals surface area (Å²) in [6.45, 7) is 2.26. The van der Waals surface area contributed by atoms with Gasteiger partial charge < -0.3 is 11.3 Å². The maximum Gasteiger partial charge on any atom is 1.00 e. The first-order valence-corrected chi connectivity index (χ1v) is 3.07. The minimum absolute atomic E-state index is 0. The molecule has 0 radical (unpaired) electrons. The van der Waals surface area contributed by atoms with Crippen LogP contribution in [0.25, 0.3) is 0 Å². The molecule has 0 aromatic carbocycles. The van der Waals surface area contributed by atoms with Crippen LogP contribution in [0.2, 0.25) is 0 Å². The van der Waals surface area contributed by atoms with Crippen LogP contribution < -0.4 is 29.6 Å². The minimum Gasteiger partial charge on any atom is -1.00 e. The van der Waals surface area contributed by atoms with Gasteiger partial charge in [-0.3, -0.25) is 4.79 Å². The quantitative estimate of drug-likeness (QED) is 0.360. The summed E-state index contributed by atoms with van der Waals surface area (Å²) in [4.78, 5) is 10.4. The first-order chi connectivity index (χ1) is 4.31. The molecule has 0 bridgehead atoms. The van der Waals surface area contributed by atoms with Gasteiger partial charge in [0.15, 0.2) is 0 Å². The van der Waals surface area contributed by atoms with Gasteiger partial charge in [0.05, 0.1) is 19.6 Å². The van der Waals surface area contributed by atoms with Crippen molar-refractivity contribution in [2.75, 3.05) is 13.2 Å². The zero-order valence-electron chi connectivity index (χ0n) is 7.59. The van der Waals surface area contributed by atoms with Crippen molar-refractivity contribution in [3.8, 4) is 0 Å². The van der Waals surface area contributed by atoms with Crippen molar-refractivity contribution in [1.82, 2.24) is 0 Å². The van der Waals surface area contributed by atoms with Crippen molar-refractivity contribution in [2.45, 2.75) is 19.8 Å². The number of aliphatic hydroxyl groups is 1. The molecule has 4 heteroatoms.